The summed E-state index contributed by atoms with van der Waals surface area (Å²) in [5.41, 5.74) is 2.83. The second-order valence-corrected chi connectivity index (χ2v) is 4.81. The van der Waals surface area contributed by atoms with Crippen LogP contribution in [0.15, 0.2) is 24.3 Å². The number of hydrogen-bond acceptors (Lipinski definition) is 2. The van der Waals surface area contributed by atoms with Crippen molar-refractivity contribution in [3.8, 4) is 0 Å². The van der Waals surface area contributed by atoms with Gasteiger partial charge in [-0.05, 0) is 44.5 Å². The van der Waals surface area contributed by atoms with Crippen LogP contribution in [0.2, 0.25) is 0 Å². The molecule has 1 aromatic rings. The molecule has 0 amide bonds. The smallest absolute Gasteiger partial charge is 0.0236 e. The van der Waals surface area contributed by atoms with Crippen molar-refractivity contribution in [1.29, 1.82) is 0 Å². The van der Waals surface area contributed by atoms with E-state index in [4.69, 9.17) is 0 Å². The summed E-state index contributed by atoms with van der Waals surface area (Å²) in [6, 6.07) is 9.68. The summed E-state index contributed by atoms with van der Waals surface area (Å²) < 4.78 is 0. The van der Waals surface area contributed by atoms with Crippen molar-refractivity contribution in [2.24, 2.45) is 0 Å². The van der Waals surface area contributed by atoms with Crippen LogP contribution >= 0.6 is 0 Å². The van der Waals surface area contributed by atoms with E-state index in [0.29, 0.717) is 0 Å². The van der Waals surface area contributed by atoms with Gasteiger partial charge in [0.15, 0.2) is 0 Å². The summed E-state index contributed by atoms with van der Waals surface area (Å²) in [5.74, 6) is 0. The molecule has 1 N–H and O–H groups in total. The summed E-state index contributed by atoms with van der Waals surface area (Å²) in [6.07, 6.45) is 2.72. The quantitative estimate of drug-likeness (QED) is 0.835. The lowest BCUT2D eigenvalue weighted by Gasteiger charge is -2.21. The van der Waals surface area contributed by atoms with E-state index < -0.39 is 0 Å². The van der Waals surface area contributed by atoms with Crippen molar-refractivity contribution < 1.29 is 0 Å². The van der Waals surface area contributed by atoms with Gasteiger partial charge in [0.1, 0.15) is 0 Å². The third kappa shape index (κ3) is 2.83. The number of nitrogens with zero attached hydrogens (tertiary/aromatic N) is 1. The summed E-state index contributed by atoms with van der Waals surface area (Å²) in [4.78, 5) is 2.58. The maximum Gasteiger partial charge on any atom is 0.0236 e. The Bertz CT molecular complexity index is 335. The van der Waals surface area contributed by atoms with Crippen LogP contribution < -0.4 is 5.32 Å². The Hall–Kier alpha value is -0.860. The molecule has 0 radical (unpaired) electrons. The van der Waals surface area contributed by atoms with Gasteiger partial charge < -0.3 is 5.32 Å². The highest BCUT2D eigenvalue weighted by Gasteiger charge is 2.19. The molecule has 2 nitrogen and oxygen atoms in total. The van der Waals surface area contributed by atoms with Crippen LogP contribution in [0.4, 0.5) is 0 Å². The maximum atomic E-state index is 3.20. The van der Waals surface area contributed by atoms with Crippen LogP contribution in [-0.2, 0) is 13.1 Å². The molecule has 0 aromatic heterocycles. The Morgan fingerprint density at radius 3 is 2.88 bits per heavy atom. The molecule has 0 saturated carbocycles. The molecule has 0 spiro atoms. The Morgan fingerprint density at radius 1 is 1.38 bits per heavy atom. The van der Waals surface area contributed by atoms with Crippen LogP contribution in [0.3, 0.4) is 0 Å². The zero-order chi connectivity index (χ0) is 11.4. The van der Waals surface area contributed by atoms with E-state index >= 15 is 0 Å². The van der Waals surface area contributed by atoms with Crippen molar-refractivity contribution in [2.45, 2.75) is 38.9 Å². The fraction of sp³-hybridized carbons (Fsp3) is 0.571. The van der Waals surface area contributed by atoms with Crippen molar-refractivity contribution in [2.75, 3.05) is 13.6 Å². The average molecular weight is 218 g/mol. The molecular weight excluding hydrogens is 196 g/mol. The molecule has 1 fully saturated rings. The first-order valence-corrected chi connectivity index (χ1v) is 6.26. The third-order valence-electron chi connectivity index (χ3n) is 3.45. The standard InChI is InChI=1S/C14H22N2/c1-12-5-4-8-16(12)11-14-7-3-6-13(9-14)10-15-2/h3,6-7,9,12,15H,4-5,8,10-11H2,1-2H3. The number of likely N-dealkylation sites (tertiary alicyclic amines) is 1. The van der Waals surface area contributed by atoms with E-state index in [1.165, 1.54) is 30.5 Å². The third-order valence-corrected chi connectivity index (χ3v) is 3.45. The molecule has 0 bridgehead atoms. The Labute approximate surface area is 98.7 Å². The molecule has 2 heteroatoms. The van der Waals surface area contributed by atoms with E-state index in [-0.39, 0.29) is 0 Å². The van der Waals surface area contributed by atoms with E-state index in [0.717, 1.165) is 19.1 Å². The zero-order valence-electron chi connectivity index (χ0n) is 10.4. The summed E-state index contributed by atoms with van der Waals surface area (Å²) in [7, 11) is 2.00. The molecule has 1 unspecified atom stereocenters. The lowest BCUT2D eigenvalue weighted by molar-refractivity contribution is 0.260. The molecular formula is C14H22N2. The fourth-order valence-corrected chi connectivity index (χ4v) is 2.50. The molecule has 16 heavy (non-hydrogen) atoms. The number of benzene rings is 1. The van der Waals surface area contributed by atoms with Crippen LogP contribution in [-0.4, -0.2) is 24.5 Å². The van der Waals surface area contributed by atoms with Crippen molar-refractivity contribution >= 4 is 0 Å². The average Bonchev–Trinajstić information content (AvgIpc) is 2.66. The van der Waals surface area contributed by atoms with Gasteiger partial charge in [-0.3, -0.25) is 4.90 Å². The first-order valence-electron chi connectivity index (χ1n) is 6.26. The van der Waals surface area contributed by atoms with Crippen LogP contribution in [0, 0.1) is 0 Å². The normalized spacial score (nSPS) is 21.5. The van der Waals surface area contributed by atoms with Crippen molar-refractivity contribution in [1.82, 2.24) is 10.2 Å². The molecule has 1 aliphatic rings. The first kappa shape index (κ1) is 11.6. The highest BCUT2D eigenvalue weighted by molar-refractivity contribution is 5.23. The Kier molecular flexibility index (Phi) is 3.97. The minimum Gasteiger partial charge on any atom is -0.316 e. The molecule has 0 aliphatic carbocycles. The van der Waals surface area contributed by atoms with E-state index in [9.17, 15) is 0 Å². The Morgan fingerprint density at radius 2 is 2.19 bits per heavy atom. The lowest BCUT2D eigenvalue weighted by atomic mass is 10.1. The second kappa shape index (κ2) is 5.46. The lowest BCUT2D eigenvalue weighted by Crippen LogP contribution is -2.26. The predicted molar refractivity (Wildman–Crippen MR) is 68.3 cm³/mol. The van der Waals surface area contributed by atoms with Gasteiger partial charge >= 0.3 is 0 Å². The van der Waals surface area contributed by atoms with Gasteiger partial charge in [0.25, 0.3) is 0 Å². The molecule has 88 valence electrons. The summed E-state index contributed by atoms with van der Waals surface area (Å²) in [5, 5.41) is 3.20. The zero-order valence-corrected chi connectivity index (χ0v) is 10.4. The van der Waals surface area contributed by atoms with E-state index in [1.807, 2.05) is 7.05 Å². The Balaban J connectivity index is 2.00. The highest BCUT2D eigenvalue weighted by atomic mass is 15.2. The van der Waals surface area contributed by atoms with Gasteiger partial charge in [0, 0.05) is 19.1 Å². The minimum atomic E-state index is 0.757. The number of hydrogen-bond donors (Lipinski definition) is 1. The minimum absolute atomic E-state index is 0.757. The maximum absolute atomic E-state index is 3.20. The topological polar surface area (TPSA) is 15.3 Å². The van der Waals surface area contributed by atoms with Gasteiger partial charge in [-0.1, -0.05) is 24.3 Å². The summed E-state index contributed by atoms with van der Waals surface area (Å²) in [6.45, 7) is 5.67. The predicted octanol–water partition coefficient (Wildman–Crippen LogP) is 2.39. The van der Waals surface area contributed by atoms with Gasteiger partial charge in [-0.25, -0.2) is 0 Å². The van der Waals surface area contributed by atoms with Crippen LogP contribution in [0.1, 0.15) is 30.9 Å². The SMILES string of the molecule is CNCc1cccc(CN2CCCC2C)c1. The summed E-state index contributed by atoms with van der Waals surface area (Å²) >= 11 is 0. The van der Waals surface area contributed by atoms with Crippen molar-refractivity contribution in [3.05, 3.63) is 35.4 Å². The van der Waals surface area contributed by atoms with E-state index in [1.54, 1.807) is 0 Å². The van der Waals surface area contributed by atoms with Gasteiger partial charge in [-0.15, -0.1) is 0 Å². The van der Waals surface area contributed by atoms with Gasteiger partial charge in [-0.2, -0.15) is 0 Å². The highest BCUT2D eigenvalue weighted by Crippen LogP contribution is 2.19. The number of rotatable bonds is 4. The number of nitrogens with one attached hydrogen (secondary N) is 1. The molecule has 1 atom stereocenters. The molecule has 2 rings (SSSR count). The van der Waals surface area contributed by atoms with E-state index in [2.05, 4.69) is 41.4 Å². The molecule has 1 heterocycles. The molecule has 1 saturated heterocycles. The second-order valence-electron chi connectivity index (χ2n) is 4.81. The van der Waals surface area contributed by atoms with Gasteiger partial charge in [0.2, 0.25) is 0 Å². The molecule has 1 aliphatic heterocycles. The van der Waals surface area contributed by atoms with Crippen LogP contribution in [0.25, 0.3) is 0 Å². The van der Waals surface area contributed by atoms with Crippen molar-refractivity contribution in [3.63, 3.8) is 0 Å². The largest absolute Gasteiger partial charge is 0.316 e. The van der Waals surface area contributed by atoms with Gasteiger partial charge in [0.05, 0.1) is 0 Å². The fourth-order valence-electron chi connectivity index (χ4n) is 2.50. The van der Waals surface area contributed by atoms with Crippen LogP contribution in [0.5, 0.6) is 0 Å². The molecule has 1 aromatic carbocycles. The monoisotopic (exact) mass is 218 g/mol. The first-order chi connectivity index (χ1) is 7.79.